The van der Waals surface area contributed by atoms with Crippen LogP contribution in [0.4, 0.5) is 5.95 Å². The topological polar surface area (TPSA) is 85.8 Å². The number of morpholine rings is 1. The van der Waals surface area contributed by atoms with Gasteiger partial charge in [0.2, 0.25) is 5.95 Å². The summed E-state index contributed by atoms with van der Waals surface area (Å²) in [5, 5.41) is 2.91. The number of nitrogens with one attached hydrogen (secondary N) is 1. The van der Waals surface area contributed by atoms with E-state index in [0.29, 0.717) is 56.0 Å². The molecule has 2 aliphatic heterocycles. The Labute approximate surface area is 157 Å². The van der Waals surface area contributed by atoms with Crippen molar-refractivity contribution < 1.29 is 19.0 Å². The van der Waals surface area contributed by atoms with Crippen LogP contribution in [0, 0.1) is 6.92 Å². The van der Waals surface area contributed by atoms with E-state index in [1.165, 1.54) is 0 Å². The third kappa shape index (κ3) is 3.95. The maximum atomic E-state index is 12.6. The fraction of sp³-hybridized carbons (Fsp3) is 0.421. The van der Waals surface area contributed by atoms with E-state index in [1.807, 2.05) is 13.0 Å². The van der Waals surface area contributed by atoms with E-state index in [-0.39, 0.29) is 5.91 Å². The van der Waals surface area contributed by atoms with Crippen LogP contribution < -0.4 is 19.7 Å². The fourth-order valence-corrected chi connectivity index (χ4v) is 3.13. The number of benzene rings is 1. The summed E-state index contributed by atoms with van der Waals surface area (Å²) in [5.74, 6) is 1.55. The molecule has 0 aliphatic carbocycles. The van der Waals surface area contributed by atoms with Crippen molar-refractivity contribution in [3.05, 3.63) is 41.2 Å². The molecule has 0 bridgehead atoms. The minimum atomic E-state index is -0.221. The first-order valence-electron chi connectivity index (χ1n) is 9.05. The number of rotatable bonds is 4. The lowest BCUT2D eigenvalue weighted by molar-refractivity contribution is 0.0939. The molecule has 1 saturated heterocycles. The van der Waals surface area contributed by atoms with Crippen molar-refractivity contribution >= 4 is 11.9 Å². The molecule has 8 nitrogen and oxygen atoms in total. The molecule has 0 saturated carbocycles. The second-order valence-electron chi connectivity index (χ2n) is 6.41. The Morgan fingerprint density at radius 2 is 1.96 bits per heavy atom. The standard InChI is InChI=1S/C19H22N4O4/c1-13-11-14(22-19(21-13)23-5-7-25-8-6-23)12-20-18(24)15-3-2-4-16-17(15)27-10-9-26-16/h2-4,11H,5-10,12H2,1H3,(H,20,24). The number of carbonyl (C=O) groups excluding carboxylic acids is 1. The summed E-state index contributed by atoms with van der Waals surface area (Å²) in [6.07, 6.45) is 0. The number of hydrogen-bond acceptors (Lipinski definition) is 7. The molecule has 2 aromatic rings. The first-order valence-corrected chi connectivity index (χ1v) is 9.05. The molecule has 0 atom stereocenters. The highest BCUT2D eigenvalue weighted by Crippen LogP contribution is 2.33. The minimum absolute atomic E-state index is 0.221. The van der Waals surface area contributed by atoms with Crippen LogP contribution in [-0.4, -0.2) is 55.4 Å². The Hall–Kier alpha value is -2.87. The number of amides is 1. The Morgan fingerprint density at radius 1 is 1.15 bits per heavy atom. The summed E-state index contributed by atoms with van der Waals surface area (Å²) in [6, 6.07) is 7.19. The fourth-order valence-electron chi connectivity index (χ4n) is 3.13. The molecule has 8 heteroatoms. The summed E-state index contributed by atoms with van der Waals surface area (Å²) >= 11 is 0. The molecule has 1 aromatic carbocycles. The normalized spacial score (nSPS) is 16.1. The van der Waals surface area contributed by atoms with Crippen LogP contribution in [0.25, 0.3) is 0 Å². The van der Waals surface area contributed by atoms with Crippen LogP contribution in [0.3, 0.4) is 0 Å². The van der Waals surface area contributed by atoms with Crippen LogP contribution in [0.2, 0.25) is 0 Å². The van der Waals surface area contributed by atoms with Crippen LogP contribution in [-0.2, 0) is 11.3 Å². The molecule has 1 aromatic heterocycles. The third-order valence-corrected chi connectivity index (χ3v) is 4.43. The van der Waals surface area contributed by atoms with Crippen LogP contribution >= 0.6 is 0 Å². The Morgan fingerprint density at radius 3 is 2.81 bits per heavy atom. The SMILES string of the molecule is Cc1cc(CNC(=O)c2cccc3c2OCCO3)nc(N2CCOCC2)n1. The van der Waals surface area contributed by atoms with Crippen molar-refractivity contribution in [1.29, 1.82) is 0 Å². The molecule has 2 aliphatic rings. The first-order chi connectivity index (χ1) is 13.2. The molecule has 0 spiro atoms. The van der Waals surface area contributed by atoms with Crippen molar-refractivity contribution in [3.63, 3.8) is 0 Å². The molecule has 3 heterocycles. The zero-order valence-electron chi connectivity index (χ0n) is 15.2. The van der Waals surface area contributed by atoms with Gasteiger partial charge in [0, 0.05) is 18.8 Å². The van der Waals surface area contributed by atoms with E-state index in [9.17, 15) is 4.79 Å². The molecule has 142 valence electrons. The van der Waals surface area contributed by atoms with E-state index < -0.39 is 0 Å². The molecular formula is C19H22N4O4. The highest BCUT2D eigenvalue weighted by Gasteiger charge is 2.20. The number of aryl methyl sites for hydroxylation is 1. The number of carbonyl (C=O) groups is 1. The van der Waals surface area contributed by atoms with Gasteiger partial charge < -0.3 is 24.4 Å². The molecule has 27 heavy (non-hydrogen) atoms. The smallest absolute Gasteiger partial charge is 0.255 e. The zero-order valence-corrected chi connectivity index (χ0v) is 15.2. The Kier molecular flexibility index (Phi) is 5.06. The zero-order chi connectivity index (χ0) is 18.6. The van der Waals surface area contributed by atoms with E-state index in [4.69, 9.17) is 14.2 Å². The number of anilines is 1. The summed E-state index contributed by atoms with van der Waals surface area (Å²) in [7, 11) is 0. The van der Waals surface area contributed by atoms with Crippen molar-refractivity contribution in [2.45, 2.75) is 13.5 Å². The molecule has 1 N–H and O–H groups in total. The second kappa shape index (κ2) is 7.79. The van der Waals surface area contributed by atoms with Gasteiger partial charge in [0.1, 0.15) is 13.2 Å². The lowest BCUT2D eigenvalue weighted by atomic mass is 10.1. The first kappa shape index (κ1) is 17.5. The van der Waals surface area contributed by atoms with Gasteiger partial charge >= 0.3 is 0 Å². The van der Waals surface area contributed by atoms with E-state index in [1.54, 1.807) is 18.2 Å². The predicted octanol–water partition coefficient (Wildman–Crippen LogP) is 1.32. The van der Waals surface area contributed by atoms with Gasteiger partial charge in [0.25, 0.3) is 5.91 Å². The van der Waals surface area contributed by atoms with Crippen LogP contribution in [0.15, 0.2) is 24.3 Å². The van der Waals surface area contributed by atoms with Crippen molar-refractivity contribution in [2.24, 2.45) is 0 Å². The van der Waals surface area contributed by atoms with Crippen molar-refractivity contribution in [2.75, 3.05) is 44.4 Å². The predicted molar refractivity (Wildman–Crippen MR) is 98.4 cm³/mol. The maximum Gasteiger partial charge on any atom is 0.255 e. The van der Waals surface area contributed by atoms with Crippen LogP contribution in [0.5, 0.6) is 11.5 Å². The highest BCUT2D eigenvalue weighted by atomic mass is 16.6. The lowest BCUT2D eigenvalue weighted by Gasteiger charge is -2.27. The van der Waals surface area contributed by atoms with Crippen molar-refractivity contribution in [1.82, 2.24) is 15.3 Å². The molecule has 4 rings (SSSR count). The van der Waals surface area contributed by atoms with Crippen molar-refractivity contribution in [3.8, 4) is 11.5 Å². The average Bonchev–Trinajstić information content (AvgIpc) is 2.72. The number of hydrogen-bond donors (Lipinski definition) is 1. The molecular weight excluding hydrogens is 348 g/mol. The van der Waals surface area contributed by atoms with Crippen LogP contribution in [0.1, 0.15) is 21.7 Å². The van der Waals surface area contributed by atoms with Gasteiger partial charge in [-0.2, -0.15) is 0 Å². The maximum absolute atomic E-state index is 12.6. The van der Waals surface area contributed by atoms with E-state index in [0.717, 1.165) is 24.5 Å². The number of ether oxygens (including phenoxy) is 3. The minimum Gasteiger partial charge on any atom is -0.486 e. The Balaban J connectivity index is 1.47. The monoisotopic (exact) mass is 370 g/mol. The highest BCUT2D eigenvalue weighted by molar-refractivity contribution is 5.97. The summed E-state index contributed by atoms with van der Waals surface area (Å²) in [4.78, 5) is 23.9. The number of nitrogens with zero attached hydrogens (tertiary/aromatic N) is 3. The van der Waals surface area contributed by atoms with E-state index in [2.05, 4.69) is 20.2 Å². The average molecular weight is 370 g/mol. The van der Waals surface area contributed by atoms with Gasteiger partial charge in [-0.25, -0.2) is 9.97 Å². The van der Waals surface area contributed by atoms with Gasteiger partial charge in [-0.05, 0) is 25.1 Å². The third-order valence-electron chi connectivity index (χ3n) is 4.43. The van der Waals surface area contributed by atoms with Gasteiger partial charge in [-0.1, -0.05) is 6.07 Å². The summed E-state index contributed by atoms with van der Waals surface area (Å²) in [6.45, 7) is 6.04. The Bertz CT molecular complexity index is 836. The van der Waals surface area contributed by atoms with Gasteiger partial charge in [0.05, 0.1) is 31.0 Å². The number of para-hydroxylation sites is 1. The lowest BCUT2D eigenvalue weighted by Crippen LogP contribution is -2.37. The quantitative estimate of drug-likeness (QED) is 0.869. The van der Waals surface area contributed by atoms with Gasteiger partial charge in [-0.15, -0.1) is 0 Å². The number of aromatic nitrogens is 2. The summed E-state index contributed by atoms with van der Waals surface area (Å²) < 4.78 is 16.5. The molecule has 0 unspecified atom stereocenters. The molecule has 1 amide bonds. The number of fused-ring (bicyclic) bond motifs is 1. The second-order valence-corrected chi connectivity index (χ2v) is 6.41. The van der Waals surface area contributed by atoms with Gasteiger partial charge in [0.15, 0.2) is 11.5 Å². The molecule has 0 radical (unpaired) electrons. The van der Waals surface area contributed by atoms with Gasteiger partial charge in [-0.3, -0.25) is 4.79 Å². The summed E-state index contributed by atoms with van der Waals surface area (Å²) in [5.41, 5.74) is 2.09. The van der Waals surface area contributed by atoms with E-state index >= 15 is 0 Å². The largest absolute Gasteiger partial charge is 0.486 e. The molecule has 1 fully saturated rings.